The third-order valence-corrected chi connectivity index (χ3v) is 8.12. The van der Waals surface area contributed by atoms with Gasteiger partial charge in [-0.1, -0.05) is 58.3 Å². The molecule has 0 aromatic carbocycles. The predicted octanol–water partition coefficient (Wildman–Crippen LogP) is 4.37. The fraction of sp³-hybridized carbons (Fsp3) is 0.606. The van der Waals surface area contributed by atoms with E-state index in [0.717, 1.165) is 49.1 Å². The van der Waals surface area contributed by atoms with Crippen LogP contribution in [0, 0.1) is 23.2 Å². The van der Waals surface area contributed by atoms with Crippen LogP contribution in [0.15, 0.2) is 47.3 Å². The Kier molecular flexibility index (Phi) is 10.2. The molecule has 5 unspecified atom stereocenters. The molecular weight excluding hydrogens is 548 g/mol. The van der Waals surface area contributed by atoms with Crippen molar-refractivity contribution in [1.82, 2.24) is 20.9 Å². The maximum atomic E-state index is 14.0. The van der Waals surface area contributed by atoms with Crippen LogP contribution < -0.4 is 16.0 Å². The normalized spacial score (nSPS) is 29.7. The molecule has 0 radical (unpaired) electrons. The van der Waals surface area contributed by atoms with Gasteiger partial charge in [0.1, 0.15) is 24.3 Å². The van der Waals surface area contributed by atoms with Crippen LogP contribution in [0.4, 0.5) is 4.79 Å². The summed E-state index contributed by atoms with van der Waals surface area (Å²) in [5.41, 5.74) is 2.56. The number of alkyl carbamates (subject to hydrolysis) is 1. The van der Waals surface area contributed by atoms with E-state index in [1.54, 1.807) is 0 Å². The number of methoxy groups -OCH3 is 1. The Morgan fingerprint density at radius 2 is 1.95 bits per heavy atom. The van der Waals surface area contributed by atoms with Gasteiger partial charge in [0.2, 0.25) is 11.8 Å². The first kappa shape index (κ1) is 32.1. The van der Waals surface area contributed by atoms with E-state index in [9.17, 15) is 14.4 Å². The second-order valence-corrected chi connectivity index (χ2v) is 12.7. The van der Waals surface area contributed by atoms with Crippen molar-refractivity contribution in [3.63, 3.8) is 0 Å². The summed E-state index contributed by atoms with van der Waals surface area (Å²) in [6, 6.07) is -1.80. The van der Waals surface area contributed by atoms with Crippen LogP contribution in [-0.4, -0.2) is 60.8 Å². The standard InChI is InChI=1S/C33H46N4O6/c1-8-13-20(3)16-25-23(9-2)34-24-15-12-10-11-14-21-17-27(21)43-32(40)36-28(33(4,5)6)30(38)37-19-22(42-29(24)35-25)18-26(37)31(39)41-7/h9,16,21-22,26-28,34-35H,3,8,10-11,13-14,17-19H2,1-2,4-7H3,(H,36,40). The van der Waals surface area contributed by atoms with E-state index in [4.69, 9.17) is 14.2 Å². The van der Waals surface area contributed by atoms with E-state index < -0.39 is 41.6 Å². The molecule has 2 bridgehead atoms. The molecule has 3 aliphatic heterocycles. The third-order valence-electron chi connectivity index (χ3n) is 8.12. The molecule has 3 N–H and O–H groups in total. The highest BCUT2D eigenvalue weighted by Gasteiger charge is 2.47. The molecule has 0 aromatic heterocycles. The number of fused-ring (bicyclic) bond motifs is 3. The van der Waals surface area contributed by atoms with Crippen molar-refractivity contribution in [2.75, 3.05) is 13.7 Å². The molecule has 5 atom stereocenters. The number of hydrogen-bond acceptors (Lipinski definition) is 8. The minimum absolute atomic E-state index is 0.122. The zero-order chi connectivity index (χ0) is 31.3. The van der Waals surface area contributed by atoms with E-state index in [1.165, 1.54) is 12.0 Å². The largest absolute Gasteiger partial charge is 0.472 e. The third kappa shape index (κ3) is 7.95. The molecular formula is C33H46N4O6. The predicted molar refractivity (Wildman–Crippen MR) is 163 cm³/mol. The second kappa shape index (κ2) is 13.6. The van der Waals surface area contributed by atoms with Gasteiger partial charge in [0.15, 0.2) is 5.70 Å². The van der Waals surface area contributed by atoms with Crippen LogP contribution in [0.25, 0.3) is 0 Å². The molecule has 2 fully saturated rings. The van der Waals surface area contributed by atoms with Crippen LogP contribution in [0.3, 0.4) is 0 Å². The molecule has 4 aliphatic rings. The van der Waals surface area contributed by atoms with Crippen molar-refractivity contribution in [2.45, 2.75) is 104 Å². The highest BCUT2D eigenvalue weighted by Crippen LogP contribution is 2.38. The molecule has 2 amide bonds. The summed E-state index contributed by atoms with van der Waals surface area (Å²) in [4.78, 5) is 41.2. The molecule has 234 valence electrons. The highest BCUT2D eigenvalue weighted by atomic mass is 16.6. The lowest BCUT2D eigenvalue weighted by molar-refractivity contribution is -0.152. The second-order valence-electron chi connectivity index (χ2n) is 12.7. The van der Waals surface area contributed by atoms with Gasteiger partial charge in [-0.15, -0.1) is 0 Å². The minimum atomic E-state index is -0.923. The molecule has 10 heteroatoms. The molecule has 43 heavy (non-hydrogen) atoms. The van der Waals surface area contributed by atoms with Crippen molar-refractivity contribution >= 4 is 18.0 Å². The summed E-state index contributed by atoms with van der Waals surface area (Å²) in [6.07, 6.45) is 7.90. The highest BCUT2D eigenvalue weighted by molar-refractivity contribution is 5.91. The first-order chi connectivity index (χ1) is 20.4. The number of rotatable bonds is 4. The number of hydrogen-bond donors (Lipinski definition) is 3. The lowest BCUT2D eigenvalue weighted by atomic mass is 9.85. The number of carbonyl (C=O) groups is 3. The topological polar surface area (TPSA) is 118 Å². The van der Waals surface area contributed by atoms with Gasteiger partial charge in [-0.05, 0) is 55.9 Å². The number of amides is 2. The van der Waals surface area contributed by atoms with Gasteiger partial charge in [0, 0.05) is 12.8 Å². The summed E-state index contributed by atoms with van der Waals surface area (Å²) in [7, 11) is 1.30. The van der Waals surface area contributed by atoms with Crippen molar-refractivity contribution in [2.24, 2.45) is 11.3 Å². The fourth-order valence-corrected chi connectivity index (χ4v) is 5.65. The first-order valence-electron chi connectivity index (χ1n) is 15.3. The summed E-state index contributed by atoms with van der Waals surface area (Å²) in [5, 5.41) is 9.61. The lowest BCUT2D eigenvalue weighted by Gasteiger charge is -2.34. The zero-order valence-electron chi connectivity index (χ0n) is 26.3. The van der Waals surface area contributed by atoms with Crippen molar-refractivity contribution < 1.29 is 28.6 Å². The molecule has 1 aliphatic carbocycles. The molecule has 3 heterocycles. The number of esters is 1. The average Bonchev–Trinajstić information content (AvgIpc) is 3.54. The Morgan fingerprint density at radius 1 is 1.19 bits per heavy atom. The van der Waals surface area contributed by atoms with Gasteiger partial charge in [-0.25, -0.2) is 9.59 Å². The van der Waals surface area contributed by atoms with Crippen LogP contribution >= 0.6 is 0 Å². The van der Waals surface area contributed by atoms with Crippen LogP contribution in [0.2, 0.25) is 0 Å². The van der Waals surface area contributed by atoms with Gasteiger partial charge in [0.25, 0.3) is 0 Å². The van der Waals surface area contributed by atoms with E-state index in [-0.39, 0.29) is 25.0 Å². The number of ether oxygens (including phenoxy) is 3. The van der Waals surface area contributed by atoms with Gasteiger partial charge < -0.3 is 35.1 Å². The first-order valence-corrected chi connectivity index (χ1v) is 15.3. The van der Waals surface area contributed by atoms with Gasteiger partial charge in [-0.2, -0.15) is 0 Å². The summed E-state index contributed by atoms with van der Waals surface area (Å²) in [6.45, 7) is 14.0. The number of carbonyl (C=O) groups excluding carboxylic acids is 3. The van der Waals surface area contributed by atoms with Gasteiger partial charge in [-0.3, -0.25) is 4.79 Å². The summed E-state index contributed by atoms with van der Waals surface area (Å²) < 4.78 is 17.2. The number of nitrogens with one attached hydrogen (secondary N) is 3. The maximum absolute atomic E-state index is 14.0. The SMILES string of the molecule is C=C(C=C1NC2=C(C#CCCCC3CC3OC(=O)NC(C(C)(C)C)C(=O)N3CC(CC3C(=O)OC)O2)NC1=CC)CCC. The number of nitrogens with zero attached hydrogens (tertiary/aromatic N) is 1. The summed E-state index contributed by atoms with van der Waals surface area (Å²) in [5.74, 6) is 6.26. The molecule has 4 rings (SSSR count). The molecule has 0 spiro atoms. The zero-order valence-corrected chi connectivity index (χ0v) is 26.3. The van der Waals surface area contributed by atoms with Crippen molar-refractivity contribution in [1.29, 1.82) is 0 Å². The smallest absolute Gasteiger partial charge is 0.408 e. The Labute approximate surface area is 255 Å². The summed E-state index contributed by atoms with van der Waals surface area (Å²) >= 11 is 0. The Hall–Kier alpha value is -3.87. The van der Waals surface area contributed by atoms with Gasteiger partial charge in [0.05, 0.1) is 25.0 Å². The Morgan fingerprint density at radius 3 is 2.63 bits per heavy atom. The van der Waals surface area contributed by atoms with Crippen LogP contribution in [0.1, 0.15) is 79.6 Å². The van der Waals surface area contributed by atoms with Crippen LogP contribution in [-0.2, 0) is 23.8 Å². The Bertz CT molecular complexity index is 1280. The monoisotopic (exact) mass is 594 g/mol. The molecule has 1 saturated carbocycles. The quantitative estimate of drug-likeness (QED) is 0.325. The maximum Gasteiger partial charge on any atom is 0.408 e. The molecule has 10 nitrogen and oxygen atoms in total. The van der Waals surface area contributed by atoms with E-state index in [2.05, 4.69) is 41.3 Å². The molecule has 1 saturated heterocycles. The van der Waals surface area contributed by atoms with Crippen molar-refractivity contribution in [3.05, 3.63) is 47.3 Å². The number of allylic oxidation sites excluding steroid dienone is 4. The average molecular weight is 595 g/mol. The lowest BCUT2D eigenvalue weighted by Crippen LogP contribution is -2.57. The minimum Gasteiger partial charge on any atom is -0.472 e. The van der Waals surface area contributed by atoms with Gasteiger partial charge >= 0.3 is 12.1 Å². The van der Waals surface area contributed by atoms with E-state index in [1.807, 2.05) is 39.8 Å². The molecule has 0 aromatic rings. The fourth-order valence-electron chi connectivity index (χ4n) is 5.65. The van der Waals surface area contributed by atoms with E-state index in [0.29, 0.717) is 18.0 Å². The van der Waals surface area contributed by atoms with Crippen molar-refractivity contribution in [3.8, 4) is 11.8 Å². The van der Waals surface area contributed by atoms with Crippen LogP contribution in [0.5, 0.6) is 0 Å². The Balaban J connectivity index is 1.70. The van der Waals surface area contributed by atoms with E-state index >= 15 is 0 Å².